The Morgan fingerprint density at radius 2 is 1.69 bits per heavy atom. The lowest BCUT2D eigenvalue weighted by Gasteiger charge is -2.27. The normalized spacial score (nSPS) is 11.5. The summed E-state index contributed by atoms with van der Waals surface area (Å²) in [6, 6.07) is 9.96. The third-order valence-electron chi connectivity index (χ3n) is 2.67. The molecule has 2 nitrogen and oxygen atoms in total. The number of hydrogen-bond donors (Lipinski definition) is 1. The summed E-state index contributed by atoms with van der Waals surface area (Å²) < 4.78 is 0. The van der Waals surface area contributed by atoms with E-state index in [0.29, 0.717) is 12.8 Å². The van der Waals surface area contributed by atoms with E-state index in [-0.39, 0.29) is 5.41 Å². The third kappa shape index (κ3) is 2.60. The van der Waals surface area contributed by atoms with E-state index in [1.54, 1.807) is 6.21 Å². The molecule has 0 amide bonds. The summed E-state index contributed by atoms with van der Waals surface area (Å²) in [5.41, 5.74) is 0.770. The van der Waals surface area contributed by atoms with Crippen molar-refractivity contribution in [3.8, 4) is 0 Å². The van der Waals surface area contributed by atoms with Gasteiger partial charge < -0.3 is 5.21 Å². The molecule has 84 valence electrons. The first-order valence-electron chi connectivity index (χ1n) is 5.25. The second kappa shape index (κ2) is 5.91. The third-order valence-corrected chi connectivity index (χ3v) is 2.67. The summed E-state index contributed by atoms with van der Waals surface area (Å²) >= 11 is 0. The maximum absolute atomic E-state index is 8.82. The van der Waals surface area contributed by atoms with Gasteiger partial charge in [-0.15, -0.1) is 18.3 Å². The van der Waals surface area contributed by atoms with Gasteiger partial charge in [0.1, 0.15) is 0 Å². The first-order valence-corrected chi connectivity index (χ1v) is 5.25. The maximum atomic E-state index is 8.82. The Labute approximate surface area is 96.6 Å². The van der Waals surface area contributed by atoms with E-state index < -0.39 is 0 Å². The number of rotatable bonds is 6. The van der Waals surface area contributed by atoms with Crippen molar-refractivity contribution in [2.45, 2.75) is 18.3 Å². The van der Waals surface area contributed by atoms with Gasteiger partial charge in [-0.25, -0.2) is 0 Å². The quantitative estimate of drug-likeness (QED) is 0.335. The zero-order chi connectivity index (χ0) is 11.9. The van der Waals surface area contributed by atoms with Gasteiger partial charge in [0.05, 0.1) is 6.21 Å². The summed E-state index contributed by atoms with van der Waals surface area (Å²) in [5, 5.41) is 12.0. The van der Waals surface area contributed by atoms with Gasteiger partial charge in [0.25, 0.3) is 0 Å². The van der Waals surface area contributed by atoms with Crippen LogP contribution in [0.2, 0.25) is 0 Å². The van der Waals surface area contributed by atoms with Gasteiger partial charge in [0.2, 0.25) is 0 Å². The largest absolute Gasteiger partial charge is 0.411 e. The van der Waals surface area contributed by atoms with Crippen LogP contribution in [0.25, 0.3) is 0 Å². The fourth-order valence-electron chi connectivity index (χ4n) is 1.89. The van der Waals surface area contributed by atoms with Crippen LogP contribution in [0.1, 0.15) is 18.4 Å². The summed E-state index contributed by atoms with van der Waals surface area (Å²) in [5.74, 6) is 0. The SMILES string of the molecule is C=CCC(/C=N/O)(CC=C)c1ccccc1. The molecule has 1 rings (SSSR count). The molecule has 0 fully saturated rings. The minimum atomic E-state index is -0.334. The number of benzene rings is 1. The molecular formula is C14H17NO. The second-order valence-corrected chi connectivity index (χ2v) is 3.75. The summed E-state index contributed by atoms with van der Waals surface area (Å²) in [7, 11) is 0. The molecule has 0 heterocycles. The van der Waals surface area contributed by atoms with Crippen molar-refractivity contribution in [3.05, 3.63) is 61.2 Å². The van der Waals surface area contributed by atoms with Crippen molar-refractivity contribution < 1.29 is 5.21 Å². The molecule has 0 saturated heterocycles. The van der Waals surface area contributed by atoms with E-state index in [4.69, 9.17) is 5.21 Å². The van der Waals surface area contributed by atoms with Gasteiger partial charge >= 0.3 is 0 Å². The van der Waals surface area contributed by atoms with Gasteiger partial charge in [0.15, 0.2) is 0 Å². The minimum Gasteiger partial charge on any atom is -0.411 e. The Kier molecular flexibility index (Phi) is 4.52. The summed E-state index contributed by atoms with van der Waals surface area (Å²) in [4.78, 5) is 0. The first-order chi connectivity index (χ1) is 7.79. The Morgan fingerprint density at radius 3 is 2.12 bits per heavy atom. The maximum Gasteiger partial charge on any atom is 0.0547 e. The highest BCUT2D eigenvalue weighted by atomic mass is 16.4. The van der Waals surface area contributed by atoms with E-state index in [2.05, 4.69) is 18.3 Å². The van der Waals surface area contributed by atoms with E-state index in [0.717, 1.165) is 5.56 Å². The van der Waals surface area contributed by atoms with Crippen molar-refractivity contribution in [3.63, 3.8) is 0 Å². The predicted molar refractivity (Wildman–Crippen MR) is 68.0 cm³/mol. The average molecular weight is 215 g/mol. The molecule has 2 heteroatoms. The minimum absolute atomic E-state index is 0.334. The molecular weight excluding hydrogens is 198 g/mol. The fourth-order valence-corrected chi connectivity index (χ4v) is 1.89. The van der Waals surface area contributed by atoms with Gasteiger partial charge in [-0.2, -0.15) is 0 Å². The van der Waals surface area contributed by atoms with E-state index in [1.165, 1.54) is 0 Å². The van der Waals surface area contributed by atoms with Crippen LogP contribution in [-0.4, -0.2) is 11.4 Å². The van der Waals surface area contributed by atoms with E-state index >= 15 is 0 Å². The Bertz CT molecular complexity index is 358. The van der Waals surface area contributed by atoms with Crippen LogP contribution in [0.3, 0.4) is 0 Å². The first kappa shape index (κ1) is 12.2. The highest BCUT2D eigenvalue weighted by Crippen LogP contribution is 2.30. The van der Waals surface area contributed by atoms with Crippen LogP contribution in [0.15, 0.2) is 60.8 Å². The van der Waals surface area contributed by atoms with Gasteiger partial charge in [0, 0.05) is 5.41 Å². The molecule has 0 saturated carbocycles. The van der Waals surface area contributed by atoms with Crippen molar-refractivity contribution in [2.75, 3.05) is 0 Å². The molecule has 0 atom stereocenters. The molecule has 16 heavy (non-hydrogen) atoms. The van der Waals surface area contributed by atoms with Crippen LogP contribution < -0.4 is 0 Å². The van der Waals surface area contributed by atoms with Gasteiger partial charge in [-0.05, 0) is 18.4 Å². The predicted octanol–water partition coefficient (Wildman–Crippen LogP) is 3.54. The van der Waals surface area contributed by atoms with Crippen LogP contribution >= 0.6 is 0 Å². The number of oxime groups is 1. The van der Waals surface area contributed by atoms with Crippen molar-refractivity contribution in [1.82, 2.24) is 0 Å². The smallest absolute Gasteiger partial charge is 0.0547 e. The van der Waals surface area contributed by atoms with Crippen LogP contribution in [-0.2, 0) is 5.41 Å². The van der Waals surface area contributed by atoms with Crippen molar-refractivity contribution >= 4 is 6.21 Å². The molecule has 0 unspecified atom stereocenters. The summed E-state index contributed by atoms with van der Waals surface area (Å²) in [6.07, 6.45) is 6.65. The molecule has 0 aromatic heterocycles. The average Bonchev–Trinajstić information content (AvgIpc) is 2.31. The zero-order valence-corrected chi connectivity index (χ0v) is 9.34. The van der Waals surface area contributed by atoms with Crippen LogP contribution in [0.4, 0.5) is 0 Å². The summed E-state index contributed by atoms with van der Waals surface area (Å²) in [6.45, 7) is 7.52. The molecule has 0 aliphatic carbocycles. The van der Waals surface area contributed by atoms with Gasteiger partial charge in [-0.3, -0.25) is 0 Å². The molecule has 0 bridgehead atoms. The van der Waals surface area contributed by atoms with Crippen LogP contribution in [0.5, 0.6) is 0 Å². The molecule has 1 aromatic carbocycles. The Hall–Kier alpha value is -1.83. The number of allylic oxidation sites excluding steroid dienone is 2. The zero-order valence-electron chi connectivity index (χ0n) is 9.34. The Balaban J connectivity index is 3.19. The van der Waals surface area contributed by atoms with E-state index in [9.17, 15) is 0 Å². The van der Waals surface area contributed by atoms with Gasteiger partial charge in [-0.1, -0.05) is 42.5 Å². The molecule has 0 spiro atoms. The highest BCUT2D eigenvalue weighted by Gasteiger charge is 2.27. The van der Waals surface area contributed by atoms with Crippen LogP contribution in [0, 0.1) is 0 Å². The fraction of sp³-hybridized carbons (Fsp3) is 0.214. The van der Waals surface area contributed by atoms with Crippen molar-refractivity contribution in [2.24, 2.45) is 5.16 Å². The molecule has 0 aliphatic heterocycles. The second-order valence-electron chi connectivity index (χ2n) is 3.75. The number of hydrogen-bond acceptors (Lipinski definition) is 2. The lowest BCUT2D eigenvalue weighted by molar-refractivity contribution is 0.316. The number of nitrogens with zero attached hydrogens (tertiary/aromatic N) is 1. The Morgan fingerprint density at radius 1 is 1.12 bits per heavy atom. The standard InChI is InChI=1S/C14H17NO/c1-3-10-14(11-4-2,12-15-16)13-8-6-5-7-9-13/h3-9,12,16H,1-2,10-11H2/b15-12+. The topological polar surface area (TPSA) is 32.6 Å². The molecule has 0 aliphatic rings. The lowest BCUT2D eigenvalue weighted by Crippen LogP contribution is -2.26. The molecule has 0 radical (unpaired) electrons. The van der Waals surface area contributed by atoms with E-state index in [1.807, 2.05) is 42.5 Å². The molecule has 1 aromatic rings. The highest BCUT2D eigenvalue weighted by molar-refractivity contribution is 5.73. The van der Waals surface area contributed by atoms with Crippen molar-refractivity contribution in [1.29, 1.82) is 0 Å². The molecule has 1 N–H and O–H groups in total. The lowest BCUT2D eigenvalue weighted by atomic mass is 9.76. The monoisotopic (exact) mass is 215 g/mol.